The number of para-hydroxylation sites is 1. The Morgan fingerprint density at radius 3 is 2.75 bits per heavy atom. The van der Waals surface area contributed by atoms with Gasteiger partial charge in [0.1, 0.15) is 11.6 Å². The lowest BCUT2D eigenvalue weighted by Crippen LogP contribution is -2.34. The number of hydrazone groups is 1. The summed E-state index contributed by atoms with van der Waals surface area (Å²) in [5, 5.41) is 6.18. The number of carbonyl (C=O) groups is 2. The number of benzene rings is 2. The predicted octanol–water partition coefficient (Wildman–Crippen LogP) is 1.71. The number of rotatable bonds is 6. The Hall–Kier alpha value is -3.22. The van der Waals surface area contributed by atoms with Crippen LogP contribution in [0.1, 0.15) is 15.9 Å². The molecule has 2 amide bonds. The Balaban J connectivity index is 1.83. The standard InChI is InChI=1S/C17H16FN3O3/c1-24-15-8-3-2-5-13(15)10-20-21-16(22)11-19-17(23)12-6-4-7-14(18)9-12/h2-10H,11H2,1H3,(H,19,23)(H,21,22)/b20-10-. The van der Waals surface area contributed by atoms with Crippen molar-refractivity contribution < 1.29 is 18.7 Å². The highest BCUT2D eigenvalue weighted by Gasteiger charge is 2.08. The van der Waals surface area contributed by atoms with Crippen LogP contribution in [0, 0.1) is 5.82 Å². The molecule has 0 atom stereocenters. The van der Waals surface area contributed by atoms with Crippen molar-refractivity contribution in [3.05, 3.63) is 65.5 Å². The molecule has 2 aromatic rings. The molecule has 0 heterocycles. The summed E-state index contributed by atoms with van der Waals surface area (Å²) in [6.07, 6.45) is 1.44. The molecule has 0 fully saturated rings. The minimum atomic E-state index is -0.543. The third-order valence-corrected chi connectivity index (χ3v) is 3.03. The molecule has 0 aliphatic carbocycles. The molecule has 124 valence electrons. The number of nitrogens with one attached hydrogen (secondary N) is 2. The summed E-state index contributed by atoms with van der Waals surface area (Å²) >= 11 is 0. The van der Waals surface area contributed by atoms with Gasteiger partial charge in [-0.25, -0.2) is 9.82 Å². The highest BCUT2D eigenvalue weighted by molar-refractivity contribution is 5.96. The van der Waals surface area contributed by atoms with Crippen LogP contribution >= 0.6 is 0 Å². The third kappa shape index (κ3) is 4.91. The maximum atomic E-state index is 13.0. The molecule has 0 unspecified atom stereocenters. The zero-order chi connectivity index (χ0) is 17.4. The molecule has 0 saturated carbocycles. The third-order valence-electron chi connectivity index (χ3n) is 3.03. The van der Waals surface area contributed by atoms with Crippen LogP contribution in [0.5, 0.6) is 5.75 Å². The summed E-state index contributed by atoms with van der Waals surface area (Å²) in [6.45, 7) is -0.279. The van der Waals surface area contributed by atoms with E-state index in [1.807, 2.05) is 12.1 Å². The van der Waals surface area contributed by atoms with Crippen LogP contribution in [0.15, 0.2) is 53.6 Å². The largest absolute Gasteiger partial charge is 0.496 e. The zero-order valence-electron chi connectivity index (χ0n) is 13.0. The van der Waals surface area contributed by atoms with Crippen molar-refractivity contribution in [2.45, 2.75) is 0 Å². The average Bonchev–Trinajstić information content (AvgIpc) is 2.60. The molecule has 0 spiro atoms. The van der Waals surface area contributed by atoms with Crippen LogP contribution in [0.25, 0.3) is 0 Å². The van der Waals surface area contributed by atoms with Crippen LogP contribution in [0.2, 0.25) is 0 Å². The number of nitrogens with zero attached hydrogens (tertiary/aromatic N) is 1. The van der Waals surface area contributed by atoms with Crippen molar-refractivity contribution >= 4 is 18.0 Å². The van der Waals surface area contributed by atoms with Gasteiger partial charge in [-0.15, -0.1) is 0 Å². The molecule has 2 aromatic carbocycles. The van der Waals surface area contributed by atoms with Crippen molar-refractivity contribution in [2.75, 3.05) is 13.7 Å². The van der Waals surface area contributed by atoms with E-state index in [9.17, 15) is 14.0 Å². The Morgan fingerprint density at radius 2 is 2.00 bits per heavy atom. The summed E-state index contributed by atoms with van der Waals surface area (Å²) in [7, 11) is 1.53. The van der Waals surface area contributed by atoms with Crippen LogP contribution < -0.4 is 15.5 Å². The maximum absolute atomic E-state index is 13.0. The van der Waals surface area contributed by atoms with E-state index in [1.54, 1.807) is 12.1 Å². The van der Waals surface area contributed by atoms with Crippen molar-refractivity contribution in [1.29, 1.82) is 0 Å². The first-order valence-corrected chi connectivity index (χ1v) is 7.09. The van der Waals surface area contributed by atoms with E-state index in [4.69, 9.17) is 4.74 Å². The first-order chi connectivity index (χ1) is 11.6. The Kier molecular flexibility index (Phi) is 6.01. The minimum Gasteiger partial charge on any atom is -0.496 e. The van der Waals surface area contributed by atoms with Gasteiger partial charge >= 0.3 is 0 Å². The molecule has 0 bridgehead atoms. The lowest BCUT2D eigenvalue weighted by molar-refractivity contribution is -0.120. The second-order valence-corrected chi connectivity index (χ2v) is 4.73. The number of hydrogen-bond acceptors (Lipinski definition) is 4. The maximum Gasteiger partial charge on any atom is 0.259 e. The second kappa shape index (κ2) is 8.42. The van der Waals surface area contributed by atoms with Crippen molar-refractivity contribution in [1.82, 2.24) is 10.7 Å². The smallest absolute Gasteiger partial charge is 0.259 e. The van der Waals surface area contributed by atoms with Gasteiger partial charge in [0.2, 0.25) is 0 Å². The fraction of sp³-hybridized carbons (Fsp3) is 0.118. The van der Waals surface area contributed by atoms with Gasteiger partial charge in [-0.05, 0) is 30.3 Å². The first-order valence-electron chi connectivity index (χ1n) is 7.09. The van der Waals surface area contributed by atoms with Gasteiger partial charge in [0.25, 0.3) is 11.8 Å². The van der Waals surface area contributed by atoms with Crippen LogP contribution in [-0.2, 0) is 4.79 Å². The van der Waals surface area contributed by atoms with Crippen molar-refractivity contribution in [3.63, 3.8) is 0 Å². The number of ether oxygens (including phenoxy) is 1. The van der Waals surface area contributed by atoms with Crippen LogP contribution in [0.4, 0.5) is 4.39 Å². The van der Waals surface area contributed by atoms with E-state index in [1.165, 1.54) is 31.5 Å². The molecule has 24 heavy (non-hydrogen) atoms. The zero-order valence-corrected chi connectivity index (χ0v) is 13.0. The summed E-state index contributed by atoms with van der Waals surface area (Å²) < 4.78 is 18.2. The molecule has 6 nitrogen and oxygen atoms in total. The van der Waals surface area contributed by atoms with Gasteiger partial charge in [-0.2, -0.15) is 5.10 Å². The highest BCUT2D eigenvalue weighted by atomic mass is 19.1. The molecule has 0 aliphatic heterocycles. The summed E-state index contributed by atoms with van der Waals surface area (Å²) in [6, 6.07) is 12.4. The second-order valence-electron chi connectivity index (χ2n) is 4.73. The molecule has 2 rings (SSSR count). The summed E-state index contributed by atoms with van der Waals surface area (Å²) in [5.74, 6) is -0.951. The van der Waals surface area contributed by atoms with Gasteiger partial charge < -0.3 is 10.1 Å². The van der Waals surface area contributed by atoms with E-state index in [2.05, 4.69) is 15.8 Å². The summed E-state index contributed by atoms with van der Waals surface area (Å²) in [5.41, 5.74) is 3.12. The van der Waals surface area contributed by atoms with Crippen molar-refractivity contribution in [2.24, 2.45) is 5.10 Å². The lowest BCUT2D eigenvalue weighted by atomic mass is 10.2. The Morgan fingerprint density at radius 1 is 1.21 bits per heavy atom. The van der Waals surface area contributed by atoms with Crippen LogP contribution in [0.3, 0.4) is 0 Å². The van der Waals surface area contributed by atoms with Crippen molar-refractivity contribution in [3.8, 4) is 5.75 Å². The predicted molar refractivity (Wildman–Crippen MR) is 87.5 cm³/mol. The Bertz CT molecular complexity index is 762. The molecule has 0 radical (unpaired) electrons. The minimum absolute atomic E-state index is 0.139. The summed E-state index contributed by atoms with van der Waals surface area (Å²) in [4.78, 5) is 23.4. The highest BCUT2D eigenvalue weighted by Crippen LogP contribution is 2.14. The number of amides is 2. The fourth-order valence-electron chi connectivity index (χ4n) is 1.88. The number of halogens is 1. The topological polar surface area (TPSA) is 79.8 Å². The molecule has 0 saturated heterocycles. The molecule has 0 aromatic heterocycles. The van der Waals surface area contributed by atoms with Crippen LogP contribution in [-0.4, -0.2) is 31.7 Å². The number of carbonyl (C=O) groups excluding carboxylic acids is 2. The fourth-order valence-corrected chi connectivity index (χ4v) is 1.88. The molecule has 7 heteroatoms. The average molecular weight is 329 g/mol. The van der Waals surface area contributed by atoms with E-state index in [0.717, 1.165) is 6.07 Å². The van der Waals surface area contributed by atoms with Gasteiger partial charge in [0, 0.05) is 11.1 Å². The van der Waals surface area contributed by atoms with E-state index in [-0.39, 0.29) is 12.1 Å². The Labute approximate surface area is 138 Å². The molecule has 0 aliphatic rings. The molecule has 2 N–H and O–H groups in total. The van der Waals surface area contributed by atoms with Gasteiger partial charge in [0.05, 0.1) is 19.9 Å². The van der Waals surface area contributed by atoms with Gasteiger partial charge in [-0.3, -0.25) is 9.59 Å². The number of methoxy groups -OCH3 is 1. The molecular formula is C17H16FN3O3. The van der Waals surface area contributed by atoms with E-state index < -0.39 is 17.6 Å². The normalized spacial score (nSPS) is 10.4. The van der Waals surface area contributed by atoms with E-state index in [0.29, 0.717) is 11.3 Å². The first kappa shape index (κ1) is 17.1. The molecular weight excluding hydrogens is 313 g/mol. The van der Waals surface area contributed by atoms with Gasteiger partial charge in [0.15, 0.2) is 0 Å². The number of hydrogen-bond donors (Lipinski definition) is 2. The van der Waals surface area contributed by atoms with E-state index >= 15 is 0 Å². The van der Waals surface area contributed by atoms with Gasteiger partial charge in [-0.1, -0.05) is 18.2 Å². The quantitative estimate of drug-likeness (QED) is 0.625. The monoisotopic (exact) mass is 329 g/mol. The lowest BCUT2D eigenvalue weighted by Gasteiger charge is -2.05. The SMILES string of the molecule is COc1ccccc1/C=N\NC(=O)CNC(=O)c1cccc(F)c1.